The predicted molar refractivity (Wildman–Crippen MR) is 118 cm³/mol. The molecular weight excluding hydrogens is 364 g/mol. The van der Waals surface area contributed by atoms with Crippen molar-refractivity contribution in [2.75, 3.05) is 11.1 Å². The van der Waals surface area contributed by atoms with Gasteiger partial charge in [0, 0.05) is 35.7 Å². The molecule has 1 aromatic carbocycles. The second-order valence-electron chi connectivity index (χ2n) is 7.12. The fourth-order valence-electron chi connectivity index (χ4n) is 3.70. The summed E-state index contributed by atoms with van der Waals surface area (Å²) in [6.07, 6.45) is 7.43. The molecule has 0 fully saturated rings. The average Bonchev–Trinajstić information content (AvgIpc) is 2.98. The van der Waals surface area contributed by atoms with Crippen molar-refractivity contribution in [2.24, 2.45) is 0 Å². The molecule has 0 amide bonds. The molecule has 0 spiro atoms. The Balaban J connectivity index is 1.94. The second-order valence-corrected chi connectivity index (χ2v) is 8.25. The normalized spacial score (nSPS) is 18.6. The molecule has 0 saturated heterocycles. The van der Waals surface area contributed by atoms with E-state index in [1.54, 1.807) is 0 Å². The van der Waals surface area contributed by atoms with Crippen molar-refractivity contribution in [3.05, 3.63) is 64.8 Å². The molecule has 0 aliphatic carbocycles. The van der Waals surface area contributed by atoms with Crippen LogP contribution in [0.15, 0.2) is 42.6 Å². The molecule has 0 radical (unpaired) electrons. The lowest BCUT2D eigenvalue weighted by Gasteiger charge is -2.19. The minimum absolute atomic E-state index is 0.177. The largest absolute Gasteiger partial charge is 0.367 e. The lowest BCUT2D eigenvalue weighted by Crippen LogP contribution is -2.19. The molecule has 3 aromatic rings. The van der Waals surface area contributed by atoms with Gasteiger partial charge in [-0.1, -0.05) is 18.1 Å². The molecule has 2 atom stereocenters. The van der Waals surface area contributed by atoms with E-state index >= 15 is 0 Å². The molecule has 4 nitrogen and oxygen atoms in total. The molecule has 0 bridgehead atoms. The number of aromatic nitrogens is 3. The van der Waals surface area contributed by atoms with Gasteiger partial charge in [-0.2, -0.15) is 5.10 Å². The maximum absolute atomic E-state index is 5.60. The van der Waals surface area contributed by atoms with Crippen molar-refractivity contribution < 1.29 is 0 Å². The highest BCUT2D eigenvalue weighted by Gasteiger charge is 2.32. The predicted octanol–water partition coefficient (Wildman–Crippen LogP) is 4.89. The zero-order valence-electron chi connectivity index (χ0n) is 16.4. The number of nitrogens with zero attached hydrogens (tertiary/aromatic N) is 3. The number of hydrogen-bond acceptors (Lipinski definition) is 4. The Hall–Kier alpha value is -2.71. The van der Waals surface area contributed by atoms with Crippen LogP contribution in [0.1, 0.15) is 41.4 Å². The fourth-order valence-corrected chi connectivity index (χ4v) is 5.10. The summed E-state index contributed by atoms with van der Waals surface area (Å²) in [7, 11) is 0. The summed E-state index contributed by atoms with van der Waals surface area (Å²) < 4.78 is 2.07. The number of terminal acetylenes is 1. The Morgan fingerprint density at radius 1 is 1.32 bits per heavy atom. The smallest absolute Gasteiger partial charge is 0.129 e. The van der Waals surface area contributed by atoms with Gasteiger partial charge in [0.05, 0.1) is 10.9 Å². The van der Waals surface area contributed by atoms with E-state index in [-0.39, 0.29) is 5.25 Å². The Morgan fingerprint density at radius 3 is 2.86 bits per heavy atom. The van der Waals surface area contributed by atoms with E-state index in [4.69, 9.17) is 11.5 Å². The minimum atomic E-state index is 0.177. The molecule has 4 rings (SSSR count). The number of fused-ring (bicyclic) bond motifs is 1. The van der Waals surface area contributed by atoms with Crippen molar-refractivity contribution in [2.45, 2.75) is 38.6 Å². The van der Waals surface area contributed by atoms with Crippen molar-refractivity contribution in [1.82, 2.24) is 14.8 Å². The first kappa shape index (κ1) is 18.6. The van der Waals surface area contributed by atoms with Gasteiger partial charge in [0.2, 0.25) is 0 Å². The molecule has 142 valence electrons. The molecule has 0 saturated carbocycles. The number of aryl methyl sites for hydroxylation is 2. The van der Waals surface area contributed by atoms with Crippen LogP contribution in [0.5, 0.6) is 0 Å². The quantitative estimate of drug-likeness (QED) is 0.649. The van der Waals surface area contributed by atoms with E-state index in [0.29, 0.717) is 6.04 Å². The Labute approximate surface area is 170 Å². The van der Waals surface area contributed by atoms with E-state index in [9.17, 15) is 0 Å². The lowest BCUT2D eigenvalue weighted by molar-refractivity contribution is 0.660. The second kappa shape index (κ2) is 7.73. The SMILES string of the molecule is C#Cc1ccc(C2SCC(C)Nc3c2c(-c2ccccn2)nn3CC)c(C)c1. The van der Waals surface area contributed by atoms with Crippen molar-refractivity contribution in [3.8, 4) is 23.7 Å². The van der Waals surface area contributed by atoms with Crippen LogP contribution < -0.4 is 5.32 Å². The summed E-state index contributed by atoms with van der Waals surface area (Å²) in [5.74, 6) is 4.86. The molecule has 2 unspecified atom stereocenters. The number of thioether (sulfide) groups is 1. The highest BCUT2D eigenvalue weighted by molar-refractivity contribution is 7.99. The Bertz CT molecular complexity index is 1030. The minimum Gasteiger partial charge on any atom is -0.367 e. The van der Waals surface area contributed by atoms with Gasteiger partial charge in [0.1, 0.15) is 11.5 Å². The van der Waals surface area contributed by atoms with Gasteiger partial charge in [0.15, 0.2) is 0 Å². The van der Waals surface area contributed by atoms with Gasteiger partial charge >= 0.3 is 0 Å². The van der Waals surface area contributed by atoms with Gasteiger partial charge in [-0.3, -0.25) is 4.98 Å². The van der Waals surface area contributed by atoms with Crippen LogP contribution in [0.2, 0.25) is 0 Å². The van der Waals surface area contributed by atoms with Crippen molar-refractivity contribution in [1.29, 1.82) is 0 Å². The fraction of sp³-hybridized carbons (Fsp3) is 0.304. The van der Waals surface area contributed by atoms with E-state index in [2.05, 4.69) is 53.8 Å². The maximum atomic E-state index is 5.60. The monoisotopic (exact) mass is 388 g/mol. The van der Waals surface area contributed by atoms with E-state index in [0.717, 1.165) is 35.1 Å². The number of nitrogens with one attached hydrogen (secondary N) is 1. The molecular formula is C23H24N4S. The molecule has 1 aliphatic rings. The summed E-state index contributed by atoms with van der Waals surface area (Å²) in [6.45, 7) is 7.30. The number of rotatable bonds is 3. The molecule has 5 heteroatoms. The Morgan fingerprint density at radius 2 is 2.18 bits per heavy atom. The highest BCUT2D eigenvalue weighted by Crippen LogP contribution is 2.47. The molecule has 28 heavy (non-hydrogen) atoms. The van der Waals surface area contributed by atoms with Crippen LogP contribution in [0.4, 0.5) is 5.82 Å². The Kier molecular flexibility index (Phi) is 5.15. The van der Waals surface area contributed by atoms with Crippen LogP contribution in [0, 0.1) is 19.3 Å². The standard InChI is InChI=1S/C23H24N4S/c1-5-17-10-11-18(15(3)13-17)22-20-21(19-9-7-8-12-24-19)26-27(6-2)23(20)25-16(4)14-28-22/h1,7-13,16,22,25H,6,14H2,2-4H3. The van der Waals surface area contributed by atoms with Crippen LogP contribution in [-0.2, 0) is 6.54 Å². The van der Waals surface area contributed by atoms with Gasteiger partial charge in [-0.05, 0) is 56.2 Å². The number of benzene rings is 1. The molecule has 3 heterocycles. The number of anilines is 1. The van der Waals surface area contributed by atoms with E-state index < -0.39 is 0 Å². The molecule has 1 N–H and O–H groups in total. The van der Waals surface area contributed by atoms with Crippen LogP contribution in [0.25, 0.3) is 11.4 Å². The summed E-state index contributed by atoms with van der Waals surface area (Å²) in [6, 6.07) is 12.7. The first-order chi connectivity index (χ1) is 13.6. The van der Waals surface area contributed by atoms with Gasteiger partial charge in [-0.25, -0.2) is 4.68 Å². The maximum Gasteiger partial charge on any atom is 0.129 e. The third-order valence-electron chi connectivity index (χ3n) is 5.07. The first-order valence-corrected chi connectivity index (χ1v) is 10.6. The van der Waals surface area contributed by atoms with Crippen LogP contribution in [-0.4, -0.2) is 26.6 Å². The highest BCUT2D eigenvalue weighted by atomic mass is 32.2. The van der Waals surface area contributed by atoms with Crippen LogP contribution >= 0.6 is 11.8 Å². The zero-order valence-corrected chi connectivity index (χ0v) is 17.3. The van der Waals surface area contributed by atoms with Gasteiger partial charge in [0.25, 0.3) is 0 Å². The molecule has 1 aliphatic heterocycles. The summed E-state index contributed by atoms with van der Waals surface area (Å²) in [4.78, 5) is 4.59. The summed E-state index contributed by atoms with van der Waals surface area (Å²) >= 11 is 1.95. The third-order valence-corrected chi connectivity index (χ3v) is 6.59. The van der Waals surface area contributed by atoms with Crippen LogP contribution in [0.3, 0.4) is 0 Å². The topological polar surface area (TPSA) is 42.7 Å². The number of pyridine rings is 1. The van der Waals surface area contributed by atoms with Gasteiger partial charge in [-0.15, -0.1) is 18.2 Å². The third kappa shape index (κ3) is 3.29. The average molecular weight is 389 g/mol. The van der Waals surface area contributed by atoms with E-state index in [1.807, 2.05) is 42.2 Å². The van der Waals surface area contributed by atoms with Crippen molar-refractivity contribution in [3.63, 3.8) is 0 Å². The van der Waals surface area contributed by atoms with Crippen molar-refractivity contribution >= 4 is 17.6 Å². The van der Waals surface area contributed by atoms with Gasteiger partial charge < -0.3 is 5.32 Å². The first-order valence-electron chi connectivity index (χ1n) is 9.59. The zero-order chi connectivity index (χ0) is 19.7. The van der Waals surface area contributed by atoms with E-state index in [1.165, 1.54) is 16.7 Å². The number of hydrogen-bond donors (Lipinski definition) is 1. The summed E-state index contributed by atoms with van der Waals surface area (Å²) in [5.41, 5.74) is 6.49. The summed E-state index contributed by atoms with van der Waals surface area (Å²) in [5, 5.41) is 8.81. The molecule has 2 aromatic heterocycles. The lowest BCUT2D eigenvalue weighted by atomic mass is 9.96.